The molecule has 1 unspecified atom stereocenters. The number of hydrogen-bond donors (Lipinski definition) is 5. The second-order valence-electron chi connectivity index (χ2n) is 11.0. The van der Waals surface area contributed by atoms with Gasteiger partial charge in [-0.1, -0.05) is 30.3 Å². The van der Waals surface area contributed by atoms with Gasteiger partial charge in [-0.15, -0.1) is 0 Å². The van der Waals surface area contributed by atoms with Gasteiger partial charge >= 0.3 is 29.8 Å². The third kappa shape index (κ3) is 15.7. The van der Waals surface area contributed by atoms with E-state index in [9.17, 15) is 49.5 Å². The summed E-state index contributed by atoms with van der Waals surface area (Å²) in [6.07, 6.45) is 1.90. The highest BCUT2D eigenvalue weighted by molar-refractivity contribution is 5.72. The van der Waals surface area contributed by atoms with E-state index in [2.05, 4.69) is 0 Å². The van der Waals surface area contributed by atoms with E-state index in [0.29, 0.717) is 45.6 Å². The maximum Gasteiger partial charge on any atom is 0.317 e. The highest BCUT2D eigenvalue weighted by Crippen LogP contribution is 2.14. The van der Waals surface area contributed by atoms with Crippen molar-refractivity contribution in [3.63, 3.8) is 0 Å². The minimum atomic E-state index is -1.15. The molecule has 0 spiro atoms. The zero-order chi connectivity index (χ0) is 32.5. The fourth-order valence-electron chi connectivity index (χ4n) is 5.34. The first-order valence-electron chi connectivity index (χ1n) is 14.7. The van der Waals surface area contributed by atoms with E-state index >= 15 is 0 Å². The maximum absolute atomic E-state index is 11.7. The number of rotatable bonds is 17. The normalized spacial score (nSPS) is 17.4. The Hall–Kier alpha value is -3.63. The SMILES string of the molecule is O=C(O)CN1CCN(CC(=O)O)CCN(CC(CCCc2ccccc2)N(CC(=O)O)CC(=O)O)CCN(CC(=O)O)CC1. The van der Waals surface area contributed by atoms with E-state index in [0.717, 1.165) is 12.0 Å². The zero-order valence-electron chi connectivity index (χ0n) is 25.0. The van der Waals surface area contributed by atoms with Crippen LogP contribution in [0, 0.1) is 0 Å². The summed E-state index contributed by atoms with van der Waals surface area (Å²) in [5, 5.41) is 47.4. The van der Waals surface area contributed by atoms with Crippen LogP contribution in [0.5, 0.6) is 0 Å². The van der Waals surface area contributed by atoms with Crippen LogP contribution in [-0.4, -0.2) is 178 Å². The van der Waals surface area contributed by atoms with Gasteiger partial charge in [-0.3, -0.25) is 48.5 Å². The van der Waals surface area contributed by atoms with E-state index in [1.165, 1.54) is 4.90 Å². The number of carbonyl (C=O) groups is 5. The summed E-state index contributed by atoms with van der Waals surface area (Å²) < 4.78 is 0. The van der Waals surface area contributed by atoms with E-state index in [1.54, 1.807) is 14.7 Å². The Morgan fingerprint density at radius 3 is 1.34 bits per heavy atom. The number of benzene rings is 1. The number of hydrogen-bond acceptors (Lipinski definition) is 10. The molecule has 0 aliphatic carbocycles. The molecule has 2 rings (SSSR count). The van der Waals surface area contributed by atoms with Crippen molar-refractivity contribution in [2.24, 2.45) is 0 Å². The van der Waals surface area contributed by atoms with Crippen molar-refractivity contribution in [2.45, 2.75) is 25.3 Å². The molecule has 0 aromatic heterocycles. The van der Waals surface area contributed by atoms with E-state index in [-0.39, 0.29) is 45.8 Å². The van der Waals surface area contributed by atoms with Gasteiger partial charge in [0.1, 0.15) is 0 Å². The van der Waals surface area contributed by atoms with Gasteiger partial charge in [0.15, 0.2) is 0 Å². The minimum absolute atomic E-state index is 0.259. The molecule has 1 aliphatic heterocycles. The van der Waals surface area contributed by atoms with Gasteiger partial charge < -0.3 is 25.5 Å². The molecule has 1 aromatic rings. The van der Waals surface area contributed by atoms with Crippen LogP contribution in [0.25, 0.3) is 0 Å². The first-order valence-corrected chi connectivity index (χ1v) is 14.7. The number of carboxylic acid groups (broad SMARTS) is 5. The Labute approximate surface area is 256 Å². The highest BCUT2D eigenvalue weighted by atomic mass is 16.4. The summed E-state index contributed by atoms with van der Waals surface area (Å²) >= 11 is 0. The Morgan fingerprint density at radius 2 is 0.977 bits per heavy atom. The van der Waals surface area contributed by atoms with E-state index < -0.39 is 49.0 Å². The van der Waals surface area contributed by atoms with Crippen molar-refractivity contribution in [3.05, 3.63) is 35.9 Å². The lowest BCUT2D eigenvalue weighted by Gasteiger charge is -2.37. The van der Waals surface area contributed by atoms with Crippen molar-refractivity contribution >= 4 is 29.8 Å². The molecule has 0 saturated carbocycles. The molecule has 15 heteroatoms. The lowest BCUT2D eigenvalue weighted by atomic mass is 10.0. The molecule has 0 radical (unpaired) electrons. The van der Waals surface area contributed by atoms with Gasteiger partial charge in [0, 0.05) is 64.9 Å². The molecule has 5 N–H and O–H groups in total. The molecule has 0 amide bonds. The predicted molar refractivity (Wildman–Crippen MR) is 159 cm³/mol. The Kier molecular flexibility index (Phi) is 16.3. The van der Waals surface area contributed by atoms with Gasteiger partial charge in [-0.2, -0.15) is 0 Å². The first kappa shape index (κ1) is 36.6. The fourth-order valence-corrected chi connectivity index (χ4v) is 5.34. The quantitative estimate of drug-likeness (QED) is 0.146. The summed E-state index contributed by atoms with van der Waals surface area (Å²) in [6, 6.07) is 9.29. The van der Waals surface area contributed by atoms with Crippen LogP contribution in [-0.2, 0) is 30.4 Å². The molecule has 0 bridgehead atoms. The maximum atomic E-state index is 11.7. The third-order valence-corrected chi connectivity index (χ3v) is 7.51. The molecular weight excluding hydrogens is 578 g/mol. The van der Waals surface area contributed by atoms with E-state index in [4.69, 9.17) is 0 Å². The average molecular weight is 624 g/mol. The van der Waals surface area contributed by atoms with E-state index in [1.807, 2.05) is 35.2 Å². The van der Waals surface area contributed by atoms with Gasteiger partial charge in [-0.05, 0) is 24.8 Å². The molecule has 1 heterocycles. The van der Waals surface area contributed by atoms with Crippen LogP contribution in [0.2, 0.25) is 0 Å². The zero-order valence-corrected chi connectivity index (χ0v) is 25.0. The summed E-state index contributed by atoms with van der Waals surface area (Å²) in [5.74, 6) is -5.41. The van der Waals surface area contributed by atoms with Crippen molar-refractivity contribution in [3.8, 4) is 0 Å². The first-order chi connectivity index (χ1) is 20.9. The number of nitrogens with zero attached hydrogens (tertiary/aromatic N) is 5. The molecule has 1 saturated heterocycles. The third-order valence-electron chi connectivity index (χ3n) is 7.51. The van der Waals surface area contributed by atoms with Crippen LogP contribution < -0.4 is 0 Å². The van der Waals surface area contributed by atoms with Crippen molar-refractivity contribution in [1.29, 1.82) is 0 Å². The molecule has 15 nitrogen and oxygen atoms in total. The van der Waals surface area contributed by atoms with Crippen LogP contribution in [0.3, 0.4) is 0 Å². The molecule has 246 valence electrons. The Balaban J connectivity index is 2.30. The molecule has 1 fully saturated rings. The van der Waals surface area contributed by atoms with Crippen molar-refractivity contribution in [1.82, 2.24) is 24.5 Å². The van der Waals surface area contributed by atoms with Crippen molar-refractivity contribution in [2.75, 3.05) is 91.6 Å². The minimum Gasteiger partial charge on any atom is -0.480 e. The lowest BCUT2D eigenvalue weighted by molar-refractivity contribution is -0.143. The van der Waals surface area contributed by atoms with Crippen molar-refractivity contribution < 1.29 is 49.5 Å². The summed E-state index contributed by atoms with van der Waals surface area (Å²) in [6.45, 7) is 1.000. The predicted octanol–water partition coefficient (Wildman–Crippen LogP) is -0.675. The molecule has 1 aliphatic rings. The Morgan fingerprint density at radius 1 is 0.591 bits per heavy atom. The fraction of sp³-hybridized carbons (Fsp3) is 0.621. The summed E-state index contributed by atoms with van der Waals surface area (Å²) in [7, 11) is 0. The van der Waals surface area contributed by atoms with Crippen LogP contribution in [0.4, 0.5) is 0 Å². The molecule has 44 heavy (non-hydrogen) atoms. The number of carboxylic acids is 5. The smallest absolute Gasteiger partial charge is 0.317 e. The standard InChI is InChI=1S/C29H45N5O10/c35-25(36)18-31-11-9-30(10-12-32(19-26(37)38)14-16-33(15-13-31)20-27(39)40)17-24(34(21-28(41)42)22-29(43)44)8-4-7-23-5-2-1-3-6-23/h1-3,5-6,24H,4,7-22H2,(H,35,36)(H,37,38)(H,39,40)(H,41,42)(H,43,44). The number of aryl methyl sites for hydroxylation is 1. The van der Waals surface area contributed by atoms with Gasteiger partial charge in [0.2, 0.25) is 0 Å². The second-order valence-corrected chi connectivity index (χ2v) is 11.0. The highest BCUT2D eigenvalue weighted by Gasteiger charge is 2.27. The second kappa shape index (κ2) is 19.6. The monoisotopic (exact) mass is 623 g/mol. The Bertz CT molecular complexity index is 1030. The lowest BCUT2D eigenvalue weighted by Crippen LogP contribution is -2.52. The van der Waals surface area contributed by atoms with Gasteiger partial charge in [0.05, 0.1) is 32.7 Å². The molecular formula is C29H45N5O10. The summed E-state index contributed by atoms with van der Waals surface area (Å²) in [5.41, 5.74) is 1.10. The van der Waals surface area contributed by atoms with Crippen LogP contribution >= 0.6 is 0 Å². The van der Waals surface area contributed by atoms with Crippen LogP contribution in [0.15, 0.2) is 30.3 Å². The average Bonchev–Trinajstić information content (AvgIpc) is 2.92. The molecule has 1 atom stereocenters. The summed E-state index contributed by atoms with van der Waals surface area (Å²) in [4.78, 5) is 66.5. The topological polar surface area (TPSA) is 203 Å². The van der Waals surface area contributed by atoms with Crippen LogP contribution in [0.1, 0.15) is 18.4 Å². The molecule has 1 aromatic carbocycles. The number of aliphatic carboxylic acids is 5. The van der Waals surface area contributed by atoms with Gasteiger partial charge in [0.25, 0.3) is 0 Å². The van der Waals surface area contributed by atoms with Gasteiger partial charge in [-0.25, -0.2) is 0 Å². The largest absolute Gasteiger partial charge is 0.480 e.